The Bertz CT molecular complexity index is 2200. The predicted molar refractivity (Wildman–Crippen MR) is 169 cm³/mol. The van der Waals surface area contributed by atoms with Gasteiger partial charge >= 0.3 is 0 Å². The van der Waals surface area contributed by atoms with Crippen molar-refractivity contribution in [1.29, 1.82) is 0 Å². The fraction of sp³-hybridized carbons (Fsp3) is 0.103. The third kappa shape index (κ3) is 5.68. The summed E-state index contributed by atoms with van der Waals surface area (Å²) in [5.74, 6) is -1.87. The number of hydrogen-bond acceptors (Lipinski definition) is 9. The van der Waals surface area contributed by atoms with E-state index in [4.69, 9.17) is 23.2 Å². The molecule has 0 aliphatic carbocycles. The molecule has 0 saturated carbocycles. The van der Waals surface area contributed by atoms with Crippen LogP contribution in [0, 0.1) is 11.6 Å². The number of likely N-dealkylation sites (N-methyl/N-ethyl adjacent to an activating group) is 1. The van der Waals surface area contributed by atoms with E-state index in [0.717, 1.165) is 23.3 Å². The molecule has 3 N–H and O–H groups in total. The first-order chi connectivity index (χ1) is 21.6. The highest BCUT2D eigenvalue weighted by atomic mass is 35.5. The number of rotatable bonds is 9. The van der Waals surface area contributed by atoms with Crippen LogP contribution in [-0.2, 0) is 10.0 Å². The maximum atomic E-state index is 15.7. The molecular weight excluding hydrogens is 649 g/mol. The third-order valence-corrected chi connectivity index (χ3v) is 9.24. The van der Waals surface area contributed by atoms with Crippen molar-refractivity contribution in [3.8, 4) is 5.82 Å². The quantitative estimate of drug-likeness (QED) is 0.171. The van der Waals surface area contributed by atoms with Crippen LogP contribution in [-0.4, -0.2) is 58.2 Å². The second-order valence-corrected chi connectivity index (χ2v) is 12.2. The van der Waals surface area contributed by atoms with E-state index in [2.05, 4.69) is 30.0 Å². The maximum absolute atomic E-state index is 15.7. The summed E-state index contributed by atoms with van der Waals surface area (Å²) in [7, 11) is -2.56. The van der Waals surface area contributed by atoms with E-state index >= 15 is 8.78 Å². The van der Waals surface area contributed by atoms with Crippen molar-refractivity contribution in [3.05, 3.63) is 95.0 Å². The molecule has 0 atom stereocenters. The number of benzene rings is 3. The highest BCUT2D eigenvalue weighted by Gasteiger charge is 2.24. The average Bonchev–Trinajstić information content (AvgIpc) is 3.46. The van der Waals surface area contributed by atoms with Gasteiger partial charge in [0.1, 0.15) is 45.9 Å². The number of para-hydroxylation sites is 1. The Hall–Kier alpha value is -4.63. The minimum absolute atomic E-state index is 0.0119. The van der Waals surface area contributed by atoms with E-state index in [1.165, 1.54) is 24.5 Å². The van der Waals surface area contributed by atoms with E-state index in [9.17, 15) is 13.5 Å². The van der Waals surface area contributed by atoms with Gasteiger partial charge < -0.3 is 15.3 Å². The summed E-state index contributed by atoms with van der Waals surface area (Å²) in [6, 6.07) is 14.8. The Morgan fingerprint density at radius 3 is 2.58 bits per heavy atom. The van der Waals surface area contributed by atoms with Gasteiger partial charge in [-0.2, -0.15) is 0 Å². The second kappa shape index (κ2) is 12.0. The molecule has 6 aromatic rings. The van der Waals surface area contributed by atoms with E-state index in [0.29, 0.717) is 23.4 Å². The summed E-state index contributed by atoms with van der Waals surface area (Å²) in [4.78, 5) is 19.1. The Balaban J connectivity index is 1.38. The van der Waals surface area contributed by atoms with Crippen LogP contribution in [0.5, 0.6) is 0 Å². The van der Waals surface area contributed by atoms with Gasteiger partial charge in [0.15, 0.2) is 11.6 Å². The van der Waals surface area contributed by atoms with Crippen LogP contribution in [0.1, 0.15) is 0 Å². The molecule has 0 aliphatic rings. The first-order valence-corrected chi connectivity index (χ1v) is 15.4. The minimum atomic E-state index is -4.41. The number of aliphatic hydroxyl groups excluding tert-OH is 1. The molecule has 3 aromatic carbocycles. The molecule has 0 unspecified atom stereocenters. The molecule has 11 nitrogen and oxygen atoms in total. The van der Waals surface area contributed by atoms with E-state index in [1.807, 2.05) is 30.1 Å². The largest absolute Gasteiger partial charge is 0.395 e. The van der Waals surface area contributed by atoms with Crippen molar-refractivity contribution < 1.29 is 22.3 Å². The summed E-state index contributed by atoms with van der Waals surface area (Å²) in [5, 5.41) is 11.7. The third-order valence-electron chi connectivity index (χ3n) is 6.90. The van der Waals surface area contributed by atoms with Crippen molar-refractivity contribution in [2.45, 2.75) is 4.90 Å². The van der Waals surface area contributed by atoms with Crippen LogP contribution in [0.25, 0.3) is 27.9 Å². The predicted octanol–water partition coefficient (Wildman–Crippen LogP) is 5.92. The van der Waals surface area contributed by atoms with Crippen LogP contribution in [0.15, 0.2) is 78.2 Å². The highest BCUT2D eigenvalue weighted by Crippen LogP contribution is 2.34. The molecule has 0 amide bonds. The number of imidazole rings is 1. The lowest BCUT2D eigenvalue weighted by molar-refractivity contribution is 0.304. The fourth-order valence-electron chi connectivity index (χ4n) is 4.70. The van der Waals surface area contributed by atoms with Gasteiger partial charge in [0.05, 0.1) is 39.1 Å². The van der Waals surface area contributed by atoms with Gasteiger partial charge in [0.25, 0.3) is 10.0 Å². The maximum Gasteiger partial charge on any atom is 0.263 e. The number of aromatic nitrogens is 5. The standard InChI is InChI=1S/C29H22Cl2F2N8O3S/c1-40(12-13-42)20-5-3-6-21-28(20)36-15-41(21)23-11-10-19-27(37-23)29(35-14-34-19)38-26-17(32)8-9-18(25(26)33)39-45(43,44)22-7-2-4-16(30)24(22)31/h2-11,14-15,39,42H,12-13H2,1H3,(H,34,35,38). The number of sulfonamides is 1. The van der Waals surface area contributed by atoms with Gasteiger partial charge in [-0.15, -0.1) is 0 Å². The van der Waals surface area contributed by atoms with Crippen LogP contribution >= 0.6 is 23.2 Å². The van der Waals surface area contributed by atoms with Gasteiger partial charge in [-0.1, -0.05) is 35.3 Å². The van der Waals surface area contributed by atoms with Crippen molar-refractivity contribution in [1.82, 2.24) is 24.5 Å². The number of hydrogen-bond donors (Lipinski definition) is 3. The molecule has 6 rings (SSSR count). The van der Waals surface area contributed by atoms with Crippen LogP contribution in [0.4, 0.5) is 31.7 Å². The normalized spacial score (nSPS) is 11.7. The van der Waals surface area contributed by atoms with E-state index in [1.54, 1.807) is 23.0 Å². The highest BCUT2D eigenvalue weighted by molar-refractivity contribution is 7.92. The number of nitrogens with zero attached hydrogens (tertiary/aromatic N) is 6. The van der Waals surface area contributed by atoms with Crippen molar-refractivity contribution in [3.63, 3.8) is 0 Å². The number of anilines is 4. The Kier molecular flexibility index (Phi) is 8.14. The molecule has 230 valence electrons. The molecule has 3 heterocycles. The zero-order valence-electron chi connectivity index (χ0n) is 23.2. The number of fused-ring (bicyclic) bond motifs is 2. The lowest BCUT2D eigenvalue weighted by Gasteiger charge is -2.18. The van der Waals surface area contributed by atoms with Crippen molar-refractivity contribution in [2.75, 3.05) is 35.1 Å². The zero-order valence-corrected chi connectivity index (χ0v) is 25.5. The smallest absolute Gasteiger partial charge is 0.263 e. The summed E-state index contributed by atoms with van der Waals surface area (Å²) >= 11 is 12.0. The molecule has 45 heavy (non-hydrogen) atoms. The molecule has 0 fully saturated rings. The minimum Gasteiger partial charge on any atom is -0.395 e. The number of aliphatic hydroxyl groups is 1. The lowest BCUT2D eigenvalue weighted by atomic mass is 10.2. The zero-order chi connectivity index (χ0) is 31.9. The lowest BCUT2D eigenvalue weighted by Crippen LogP contribution is -2.21. The topological polar surface area (TPSA) is 138 Å². The summed E-state index contributed by atoms with van der Waals surface area (Å²) < 4.78 is 60.5. The van der Waals surface area contributed by atoms with Gasteiger partial charge in [-0.25, -0.2) is 37.1 Å². The monoisotopic (exact) mass is 670 g/mol. The van der Waals surface area contributed by atoms with Gasteiger partial charge in [0, 0.05) is 13.6 Å². The van der Waals surface area contributed by atoms with Crippen LogP contribution < -0.4 is 14.9 Å². The first-order valence-electron chi connectivity index (χ1n) is 13.2. The molecular formula is C29H22Cl2F2N8O3S. The Labute approximate surface area is 265 Å². The number of pyridine rings is 1. The number of halogens is 4. The Morgan fingerprint density at radius 1 is 0.978 bits per heavy atom. The van der Waals surface area contributed by atoms with Gasteiger partial charge in [-0.3, -0.25) is 9.29 Å². The molecule has 3 aromatic heterocycles. The van der Waals surface area contributed by atoms with Crippen LogP contribution in [0.3, 0.4) is 0 Å². The molecule has 0 bridgehead atoms. The molecule has 0 radical (unpaired) electrons. The van der Waals surface area contributed by atoms with Gasteiger partial charge in [0.2, 0.25) is 0 Å². The number of nitrogens with one attached hydrogen (secondary N) is 2. The fourth-order valence-corrected chi connectivity index (χ4v) is 6.52. The average molecular weight is 672 g/mol. The van der Waals surface area contributed by atoms with Crippen LogP contribution in [0.2, 0.25) is 10.0 Å². The van der Waals surface area contributed by atoms with E-state index < -0.39 is 33.0 Å². The van der Waals surface area contributed by atoms with Crippen molar-refractivity contribution >= 4 is 78.2 Å². The molecule has 0 saturated heterocycles. The van der Waals surface area contributed by atoms with E-state index in [-0.39, 0.29) is 32.9 Å². The molecule has 0 aliphatic heterocycles. The Morgan fingerprint density at radius 2 is 1.78 bits per heavy atom. The molecule has 0 spiro atoms. The first kappa shape index (κ1) is 30.4. The van der Waals surface area contributed by atoms with Gasteiger partial charge in [-0.05, 0) is 48.5 Å². The van der Waals surface area contributed by atoms with Crippen molar-refractivity contribution in [2.24, 2.45) is 0 Å². The summed E-state index contributed by atoms with van der Waals surface area (Å²) in [5.41, 5.74) is 1.55. The molecule has 16 heteroatoms. The SMILES string of the molecule is CN(CCO)c1cccc2c1ncn2-c1ccc2ncnc(Nc3c(F)ccc(NS(=O)(=O)c4cccc(Cl)c4Cl)c3F)c2n1. The summed E-state index contributed by atoms with van der Waals surface area (Å²) in [6.07, 6.45) is 2.79. The summed E-state index contributed by atoms with van der Waals surface area (Å²) in [6.45, 7) is 0.387. The second-order valence-electron chi connectivity index (χ2n) is 9.73.